The van der Waals surface area contributed by atoms with Crippen molar-refractivity contribution in [1.29, 1.82) is 0 Å². The Morgan fingerprint density at radius 2 is 1.90 bits per heavy atom. The van der Waals surface area contributed by atoms with Crippen molar-refractivity contribution in [3.63, 3.8) is 0 Å². The zero-order chi connectivity index (χ0) is 21.1. The molecule has 1 fully saturated rings. The molecule has 1 aliphatic heterocycles. The standard InChI is InChI=1S/C23H24FN5O/c1-28(2)23-26-15-18(16-9-11-17(24)12-10-16)21(27-23)20-8-4-6-14-29(20)22(30)19-7-3-5-13-25-19/h3,5,7,9-13,15,20H,4,6,8,14H2,1-2H3. The van der Waals surface area contributed by atoms with E-state index in [0.717, 1.165) is 36.1 Å². The molecule has 0 spiro atoms. The molecule has 0 radical (unpaired) electrons. The number of halogens is 1. The molecule has 0 saturated carbocycles. The predicted molar refractivity (Wildman–Crippen MR) is 114 cm³/mol. The van der Waals surface area contributed by atoms with Crippen LogP contribution in [0.3, 0.4) is 0 Å². The van der Waals surface area contributed by atoms with E-state index in [4.69, 9.17) is 4.98 Å². The number of likely N-dealkylation sites (tertiary alicyclic amines) is 1. The van der Waals surface area contributed by atoms with Crippen LogP contribution in [-0.4, -0.2) is 46.4 Å². The van der Waals surface area contributed by atoms with Crippen LogP contribution >= 0.6 is 0 Å². The van der Waals surface area contributed by atoms with Gasteiger partial charge < -0.3 is 9.80 Å². The van der Waals surface area contributed by atoms with Crippen LogP contribution in [0.25, 0.3) is 11.1 Å². The molecule has 4 rings (SSSR count). The summed E-state index contributed by atoms with van der Waals surface area (Å²) in [5.41, 5.74) is 2.85. The first kappa shape index (κ1) is 19.9. The van der Waals surface area contributed by atoms with E-state index in [1.807, 2.05) is 30.0 Å². The number of carbonyl (C=O) groups excluding carboxylic acids is 1. The van der Waals surface area contributed by atoms with Crippen LogP contribution in [0.2, 0.25) is 0 Å². The molecule has 3 heterocycles. The van der Waals surface area contributed by atoms with Gasteiger partial charge in [0.1, 0.15) is 11.5 Å². The molecule has 0 bridgehead atoms. The van der Waals surface area contributed by atoms with E-state index in [0.29, 0.717) is 18.2 Å². The van der Waals surface area contributed by atoms with Gasteiger partial charge in [-0.3, -0.25) is 9.78 Å². The smallest absolute Gasteiger partial charge is 0.273 e. The summed E-state index contributed by atoms with van der Waals surface area (Å²) in [6, 6.07) is 11.5. The summed E-state index contributed by atoms with van der Waals surface area (Å²) in [4.78, 5) is 30.5. The van der Waals surface area contributed by atoms with E-state index < -0.39 is 0 Å². The lowest BCUT2D eigenvalue weighted by molar-refractivity contribution is 0.0600. The fraction of sp³-hybridized carbons (Fsp3) is 0.304. The van der Waals surface area contributed by atoms with Crippen molar-refractivity contribution in [3.05, 3.63) is 72.1 Å². The molecule has 1 unspecified atom stereocenters. The van der Waals surface area contributed by atoms with Crippen molar-refractivity contribution in [2.45, 2.75) is 25.3 Å². The zero-order valence-electron chi connectivity index (χ0n) is 17.1. The molecule has 0 N–H and O–H groups in total. The van der Waals surface area contributed by atoms with Gasteiger partial charge in [0, 0.05) is 38.6 Å². The molecule has 2 aromatic heterocycles. The number of amides is 1. The van der Waals surface area contributed by atoms with E-state index in [1.54, 1.807) is 36.7 Å². The summed E-state index contributed by atoms with van der Waals surface area (Å²) < 4.78 is 13.5. The quantitative estimate of drug-likeness (QED) is 0.654. The summed E-state index contributed by atoms with van der Waals surface area (Å²) in [6.45, 7) is 0.643. The molecule has 7 heteroatoms. The zero-order valence-corrected chi connectivity index (χ0v) is 17.1. The number of carbonyl (C=O) groups is 1. The van der Waals surface area contributed by atoms with Crippen LogP contribution in [0, 0.1) is 5.82 Å². The highest BCUT2D eigenvalue weighted by atomic mass is 19.1. The highest BCUT2D eigenvalue weighted by Crippen LogP contribution is 2.37. The minimum atomic E-state index is -0.296. The molecule has 1 saturated heterocycles. The Bertz CT molecular complexity index is 1020. The molecular weight excluding hydrogens is 381 g/mol. The topological polar surface area (TPSA) is 62.2 Å². The van der Waals surface area contributed by atoms with Crippen LogP contribution in [0.1, 0.15) is 41.5 Å². The molecular formula is C23H24FN5O. The number of aromatic nitrogens is 3. The Morgan fingerprint density at radius 1 is 1.10 bits per heavy atom. The fourth-order valence-electron chi connectivity index (χ4n) is 3.80. The number of rotatable bonds is 4. The highest BCUT2D eigenvalue weighted by Gasteiger charge is 2.32. The van der Waals surface area contributed by atoms with Crippen molar-refractivity contribution in [3.8, 4) is 11.1 Å². The van der Waals surface area contributed by atoms with Crippen LogP contribution in [0.5, 0.6) is 0 Å². The Kier molecular flexibility index (Phi) is 5.70. The lowest BCUT2D eigenvalue weighted by Crippen LogP contribution is -2.39. The third kappa shape index (κ3) is 4.01. The van der Waals surface area contributed by atoms with Crippen LogP contribution < -0.4 is 4.90 Å². The molecule has 1 atom stereocenters. The summed E-state index contributed by atoms with van der Waals surface area (Å²) in [5, 5.41) is 0. The summed E-state index contributed by atoms with van der Waals surface area (Å²) in [5.74, 6) is 0.179. The second-order valence-electron chi connectivity index (χ2n) is 7.60. The maximum absolute atomic E-state index is 13.5. The van der Waals surface area contributed by atoms with Crippen molar-refractivity contribution < 1.29 is 9.18 Å². The minimum Gasteiger partial charge on any atom is -0.347 e. The first-order chi connectivity index (χ1) is 14.5. The first-order valence-electron chi connectivity index (χ1n) is 10.1. The summed E-state index contributed by atoms with van der Waals surface area (Å²) in [6.07, 6.45) is 6.14. The minimum absolute atomic E-state index is 0.102. The Hall–Kier alpha value is -3.35. The summed E-state index contributed by atoms with van der Waals surface area (Å²) in [7, 11) is 3.77. The van der Waals surface area contributed by atoms with E-state index >= 15 is 0 Å². The van der Waals surface area contributed by atoms with Crippen molar-refractivity contribution in [1.82, 2.24) is 19.9 Å². The normalized spacial score (nSPS) is 16.4. The van der Waals surface area contributed by atoms with Gasteiger partial charge >= 0.3 is 0 Å². The Balaban J connectivity index is 1.80. The predicted octanol–water partition coefficient (Wildman–Crippen LogP) is 4.11. The summed E-state index contributed by atoms with van der Waals surface area (Å²) >= 11 is 0. The molecule has 30 heavy (non-hydrogen) atoms. The van der Waals surface area contributed by atoms with Gasteiger partial charge in [-0.05, 0) is 49.1 Å². The molecule has 6 nitrogen and oxygen atoms in total. The third-order valence-corrected chi connectivity index (χ3v) is 5.32. The lowest BCUT2D eigenvalue weighted by Gasteiger charge is -2.36. The largest absolute Gasteiger partial charge is 0.347 e. The third-order valence-electron chi connectivity index (χ3n) is 5.32. The first-order valence-corrected chi connectivity index (χ1v) is 10.1. The maximum atomic E-state index is 13.5. The van der Waals surface area contributed by atoms with Crippen molar-refractivity contribution in [2.75, 3.05) is 25.5 Å². The van der Waals surface area contributed by atoms with Gasteiger partial charge in [-0.1, -0.05) is 18.2 Å². The molecule has 1 aliphatic rings. The lowest BCUT2D eigenvalue weighted by atomic mass is 9.93. The van der Waals surface area contributed by atoms with E-state index in [1.165, 1.54) is 12.1 Å². The van der Waals surface area contributed by atoms with E-state index in [9.17, 15) is 9.18 Å². The van der Waals surface area contributed by atoms with E-state index in [2.05, 4.69) is 9.97 Å². The second-order valence-corrected chi connectivity index (χ2v) is 7.60. The molecule has 154 valence electrons. The van der Waals surface area contributed by atoms with Crippen LogP contribution in [-0.2, 0) is 0 Å². The van der Waals surface area contributed by atoms with Crippen LogP contribution in [0.15, 0.2) is 54.9 Å². The van der Waals surface area contributed by atoms with Gasteiger partial charge in [0.05, 0.1) is 11.7 Å². The number of anilines is 1. The number of piperidine rings is 1. The maximum Gasteiger partial charge on any atom is 0.273 e. The second kappa shape index (κ2) is 8.57. The number of nitrogens with zero attached hydrogens (tertiary/aromatic N) is 5. The van der Waals surface area contributed by atoms with Gasteiger partial charge in [0.25, 0.3) is 5.91 Å². The number of hydrogen-bond acceptors (Lipinski definition) is 5. The average molecular weight is 405 g/mol. The Morgan fingerprint density at radius 3 is 2.60 bits per heavy atom. The Labute approximate surface area is 175 Å². The molecule has 1 aromatic carbocycles. The van der Waals surface area contributed by atoms with E-state index in [-0.39, 0.29) is 17.8 Å². The molecule has 1 amide bonds. The van der Waals surface area contributed by atoms with Crippen molar-refractivity contribution >= 4 is 11.9 Å². The fourth-order valence-corrected chi connectivity index (χ4v) is 3.80. The van der Waals surface area contributed by atoms with Gasteiger partial charge in [-0.25, -0.2) is 14.4 Å². The van der Waals surface area contributed by atoms with Gasteiger partial charge in [0.15, 0.2) is 0 Å². The van der Waals surface area contributed by atoms with Gasteiger partial charge in [0.2, 0.25) is 5.95 Å². The van der Waals surface area contributed by atoms with Crippen LogP contribution in [0.4, 0.5) is 10.3 Å². The average Bonchev–Trinajstić information content (AvgIpc) is 2.79. The molecule has 3 aromatic rings. The monoisotopic (exact) mass is 405 g/mol. The molecule has 0 aliphatic carbocycles. The van der Waals surface area contributed by atoms with Crippen molar-refractivity contribution in [2.24, 2.45) is 0 Å². The SMILES string of the molecule is CN(C)c1ncc(-c2ccc(F)cc2)c(C2CCCCN2C(=O)c2ccccn2)n1. The van der Waals surface area contributed by atoms with Gasteiger partial charge in [-0.15, -0.1) is 0 Å². The van der Waals surface area contributed by atoms with Gasteiger partial charge in [-0.2, -0.15) is 0 Å². The number of benzene rings is 1. The number of hydrogen-bond donors (Lipinski definition) is 0. The highest BCUT2D eigenvalue weighted by molar-refractivity contribution is 5.92. The number of pyridine rings is 1.